The van der Waals surface area contributed by atoms with E-state index in [-0.39, 0.29) is 6.49 Å². The fraction of sp³-hybridized carbons (Fsp3) is 0.348. The van der Waals surface area contributed by atoms with Gasteiger partial charge >= 0.3 is 0 Å². The van der Waals surface area contributed by atoms with Crippen LogP contribution in [0.5, 0.6) is 0 Å². The highest BCUT2D eigenvalue weighted by Gasteiger charge is 2.39. The Labute approximate surface area is 425 Å². The zero-order chi connectivity index (χ0) is 50.6. The topological polar surface area (TPSA) is 0 Å². The van der Waals surface area contributed by atoms with Crippen LogP contribution in [0.25, 0.3) is 54.6 Å². The molecule has 0 saturated heterocycles. The average molecular weight is 853 g/mol. The number of benzene rings is 6. The maximum Gasteiger partial charge on any atom is 0.102 e. The second kappa shape index (κ2) is 19.6. The van der Waals surface area contributed by atoms with E-state index in [0.29, 0.717) is 45.0 Å². The van der Waals surface area contributed by atoms with Crippen LogP contribution in [-0.4, -0.2) is 151 Å². The van der Waals surface area contributed by atoms with Crippen molar-refractivity contribution in [3.8, 4) is 22.3 Å². The summed E-state index contributed by atoms with van der Waals surface area (Å²) in [5.41, 5.74) is 35.5. The Balaban J connectivity index is 2.17. The third-order valence-corrected chi connectivity index (χ3v) is 19.0. The first-order valence-corrected chi connectivity index (χ1v) is 26.7. The summed E-state index contributed by atoms with van der Waals surface area (Å²) in [6.07, 6.45) is 2.09. The lowest BCUT2D eigenvalue weighted by molar-refractivity contribution is 1.18. The molecule has 0 heterocycles. The van der Waals surface area contributed by atoms with Crippen molar-refractivity contribution >= 4 is 206 Å². The van der Waals surface area contributed by atoms with Gasteiger partial charge in [-0.05, 0) is 249 Å². The predicted molar refractivity (Wildman–Crippen MR) is 360 cm³/mol. The predicted octanol–water partition coefficient (Wildman–Crippen LogP) is -4.58. The van der Waals surface area contributed by atoms with Crippen molar-refractivity contribution in [3.63, 3.8) is 0 Å². The molecule has 0 aliphatic carbocycles. The van der Waals surface area contributed by atoms with Gasteiger partial charge in [0, 0.05) is 25.5 Å². The maximum atomic E-state index is 2.59. The van der Waals surface area contributed by atoms with Gasteiger partial charge < -0.3 is 0 Å². The summed E-state index contributed by atoms with van der Waals surface area (Å²) in [5, 5.41) is 8.97. The van der Waals surface area contributed by atoms with Crippen molar-refractivity contribution in [2.45, 2.75) is 111 Å². The molecule has 21 heteroatoms. The standard InChI is InChI=1S/C46H73B21/c1-17-18(2)24(8)33(25(9)19(17)3)40-35-26(10)20(4)22(6)28(12)37(35)41(38-29(13)23(7)21(5)27(11)36(38)40)39-31(15)30(14)34-32(16)43(63(66(55)56)67(57)58)46(62(59-47)65(53)54)45(61(50)64(51)52)42(34)44(39)60(48)49/h59H,47-58H2,1-16H3. The van der Waals surface area contributed by atoms with Gasteiger partial charge in [-0.25, -0.2) is 0 Å². The molecular weight excluding hydrogens is 780 g/mol. The summed E-state index contributed by atoms with van der Waals surface area (Å²) in [6.45, 7) is 40.5. The van der Waals surface area contributed by atoms with Crippen LogP contribution in [0.1, 0.15) is 89.0 Å². The molecule has 0 aliphatic rings. The first-order chi connectivity index (χ1) is 31.0. The Bertz CT molecular complexity index is 2920. The number of aryl methyl sites for hydroxylation is 6. The molecule has 0 bridgehead atoms. The van der Waals surface area contributed by atoms with Crippen LogP contribution in [0.2, 0.25) is 0 Å². The lowest BCUT2D eigenvalue weighted by atomic mass is 8.70. The highest BCUT2D eigenvalue weighted by Crippen LogP contribution is 2.53. The van der Waals surface area contributed by atoms with E-state index in [0.717, 1.165) is 7.06 Å². The van der Waals surface area contributed by atoms with Crippen molar-refractivity contribution in [3.05, 3.63) is 89.0 Å². The lowest BCUT2D eigenvalue weighted by Crippen LogP contribution is -2.74. The number of hydrogen-bond acceptors (Lipinski definition) is 0. The Morgan fingerprint density at radius 1 is 0.269 bits per heavy atom. The average Bonchev–Trinajstić information content (AvgIpc) is 3.25. The fourth-order valence-corrected chi connectivity index (χ4v) is 13.9. The quantitative estimate of drug-likeness (QED) is 0.0912. The van der Waals surface area contributed by atoms with Crippen LogP contribution in [0, 0.1) is 111 Å². The van der Waals surface area contributed by atoms with Gasteiger partial charge in [0.25, 0.3) is 0 Å². The van der Waals surface area contributed by atoms with Crippen molar-refractivity contribution in [1.29, 1.82) is 0 Å². The van der Waals surface area contributed by atoms with Gasteiger partial charge in [0.1, 0.15) is 6.49 Å². The molecule has 320 valence electrons. The normalized spacial score (nSPS) is 11.4. The van der Waals surface area contributed by atoms with E-state index in [1.54, 1.807) is 32.8 Å². The first kappa shape index (κ1) is 53.8. The second-order valence-corrected chi connectivity index (χ2v) is 23.9. The first-order valence-electron chi connectivity index (χ1n) is 26.7. The van der Waals surface area contributed by atoms with Gasteiger partial charge in [-0.2, -0.15) is 0 Å². The van der Waals surface area contributed by atoms with E-state index in [4.69, 9.17) is 0 Å². The summed E-state index contributed by atoms with van der Waals surface area (Å²) in [4.78, 5) is 0. The van der Waals surface area contributed by atoms with Crippen LogP contribution >= 0.6 is 0 Å². The zero-order valence-corrected chi connectivity index (χ0v) is 48.3. The van der Waals surface area contributed by atoms with E-state index in [1.165, 1.54) is 133 Å². The zero-order valence-electron chi connectivity index (χ0n) is 48.3. The van der Waals surface area contributed by atoms with Gasteiger partial charge in [-0.15, -0.1) is 10.9 Å². The molecule has 0 fully saturated rings. The molecule has 6 aromatic carbocycles. The molecule has 0 aromatic heterocycles. The third-order valence-electron chi connectivity index (χ3n) is 19.0. The van der Waals surface area contributed by atoms with Gasteiger partial charge in [0.2, 0.25) is 0 Å². The maximum absolute atomic E-state index is 2.59. The minimum atomic E-state index is 0.288. The van der Waals surface area contributed by atoms with Crippen LogP contribution in [0.3, 0.4) is 0 Å². The SMILES string of the molecule is BBB(B(B)B)c1c(B(B(B)B)B(B)B)c(C)c2c(C)c(C)c(-c3c4c(C)c(C)c(C)c(C)c4c(-c4c(C)c(C)c(C)c(C)c4C)c4c(C)c(C)c(C)c(C)c34)c(B(B)B)c2c1B(B)B(B)B. The van der Waals surface area contributed by atoms with Crippen LogP contribution in [0.4, 0.5) is 0 Å². The summed E-state index contributed by atoms with van der Waals surface area (Å²) < 4.78 is 0. The Hall–Kier alpha value is -2.54. The Morgan fingerprint density at radius 3 is 0.925 bits per heavy atom. The van der Waals surface area contributed by atoms with E-state index in [1.807, 2.05) is 0 Å². The van der Waals surface area contributed by atoms with Crippen LogP contribution in [-0.2, 0) is 0 Å². The fourth-order valence-electron chi connectivity index (χ4n) is 13.9. The molecule has 6 rings (SSSR count). The third kappa shape index (κ3) is 8.15. The summed E-state index contributed by atoms with van der Waals surface area (Å²) in [6, 6.07) is 0. The molecule has 0 atom stereocenters. The van der Waals surface area contributed by atoms with E-state index >= 15 is 0 Å². The molecule has 0 N–H and O–H groups in total. The van der Waals surface area contributed by atoms with Crippen LogP contribution in [0.15, 0.2) is 0 Å². The molecule has 0 amide bonds. The number of hydrogen-bond donors (Lipinski definition) is 0. The molecule has 6 aromatic rings. The van der Waals surface area contributed by atoms with Gasteiger partial charge in [-0.1, -0.05) is 16.5 Å². The summed E-state index contributed by atoms with van der Waals surface area (Å²) in [7, 11) is 31.2. The van der Waals surface area contributed by atoms with Crippen molar-refractivity contribution in [2.75, 3.05) is 0 Å². The Morgan fingerprint density at radius 2 is 0.597 bits per heavy atom. The molecule has 0 saturated carbocycles. The molecule has 0 aliphatic heterocycles. The smallest absolute Gasteiger partial charge is 0.102 e. The van der Waals surface area contributed by atoms with Crippen molar-refractivity contribution < 1.29 is 0 Å². The highest BCUT2D eigenvalue weighted by atomic mass is 14.3. The van der Waals surface area contributed by atoms with Crippen molar-refractivity contribution in [2.24, 2.45) is 0 Å². The number of rotatable bonds is 11. The minimum absolute atomic E-state index is 0.288. The second-order valence-electron chi connectivity index (χ2n) is 23.9. The monoisotopic (exact) mass is 857 g/mol. The molecule has 67 heavy (non-hydrogen) atoms. The van der Waals surface area contributed by atoms with E-state index in [2.05, 4.69) is 204 Å². The lowest BCUT2D eigenvalue weighted by Gasteiger charge is -2.38. The summed E-state index contributed by atoms with van der Waals surface area (Å²) in [5.74, 6) is 0. The van der Waals surface area contributed by atoms with Gasteiger partial charge in [0.05, 0.1) is 119 Å². The van der Waals surface area contributed by atoms with Gasteiger partial charge in [-0.3, -0.25) is 0 Å². The molecule has 0 nitrogen and oxygen atoms in total. The van der Waals surface area contributed by atoms with Crippen LogP contribution < -0.4 is 21.9 Å². The minimum Gasteiger partial charge on any atom is -0.112 e. The largest absolute Gasteiger partial charge is 0.112 e. The van der Waals surface area contributed by atoms with Crippen molar-refractivity contribution in [1.82, 2.24) is 0 Å². The van der Waals surface area contributed by atoms with E-state index < -0.39 is 0 Å². The number of fused-ring (bicyclic) bond motifs is 3. The Kier molecular flexibility index (Phi) is 15.7. The van der Waals surface area contributed by atoms with E-state index in [9.17, 15) is 0 Å². The molecular formula is C46H73B21. The molecule has 0 unspecified atom stereocenters. The molecule has 0 spiro atoms. The molecule has 0 radical (unpaired) electrons. The highest BCUT2D eigenvalue weighted by molar-refractivity contribution is 7.85. The summed E-state index contributed by atoms with van der Waals surface area (Å²) >= 11 is 0. The van der Waals surface area contributed by atoms with Gasteiger partial charge in [0.15, 0.2) is 0 Å².